The standard InChI is InChI=1S/C16H26BrN3O/c1-4-8-20-11-13(17)10-15(20)16(21)18(3)12-14-7-6-9-19(14)5-2/h10-11,14H,4-9,12H2,1-3H3. The molecule has 2 rings (SSSR count). The molecular formula is C16H26BrN3O. The minimum Gasteiger partial charge on any atom is -0.342 e. The molecule has 4 nitrogen and oxygen atoms in total. The third-order valence-corrected chi connectivity index (χ3v) is 4.72. The van der Waals surface area contributed by atoms with Gasteiger partial charge in [0.05, 0.1) is 0 Å². The van der Waals surface area contributed by atoms with Crippen molar-refractivity contribution < 1.29 is 4.79 Å². The number of halogens is 1. The zero-order chi connectivity index (χ0) is 15.4. The number of likely N-dealkylation sites (tertiary alicyclic amines) is 1. The Morgan fingerprint density at radius 3 is 2.90 bits per heavy atom. The maximum absolute atomic E-state index is 12.7. The number of carbonyl (C=O) groups is 1. The number of aromatic nitrogens is 1. The second-order valence-corrected chi connectivity index (χ2v) is 6.76. The molecule has 1 fully saturated rings. The van der Waals surface area contributed by atoms with Crippen LogP contribution in [0.3, 0.4) is 0 Å². The van der Waals surface area contributed by atoms with Crippen molar-refractivity contribution in [3.8, 4) is 0 Å². The lowest BCUT2D eigenvalue weighted by Crippen LogP contribution is -2.41. The van der Waals surface area contributed by atoms with Crippen LogP contribution in [-0.4, -0.2) is 53.0 Å². The summed E-state index contributed by atoms with van der Waals surface area (Å²) in [6, 6.07) is 2.45. The normalized spacial score (nSPS) is 19.1. The Balaban J connectivity index is 2.05. The van der Waals surface area contributed by atoms with E-state index in [9.17, 15) is 4.79 Å². The molecule has 1 aliphatic heterocycles. The maximum Gasteiger partial charge on any atom is 0.270 e. The molecule has 0 saturated carbocycles. The fourth-order valence-electron chi connectivity index (χ4n) is 3.19. The molecule has 1 amide bonds. The summed E-state index contributed by atoms with van der Waals surface area (Å²) in [6.45, 7) is 8.27. The highest BCUT2D eigenvalue weighted by Gasteiger charge is 2.26. The topological polar surface area (TPSA) is 28.5 Å². The number of likely N-dealkylation sites (N-methyl/N-ethyl adjacent to an activating group) is 2. The van der Waals surface area contributed by atoms with Gasteiger partial charge in [0.15, 0.2) is 0 Å². The molecule has 1 unspecified atom stereocenters. The first kappa shape index (κ1) is 16.6. The van der Waals surface area contributed by atoms with Crippen molar-refractivity contribution in [3.05, 3.63) is 22.4 Å². The third-order valence-electron chi connectivity index (χ3n) is 4.28. The van der Waals surface area contributed by atoms with Gasteiger partial charge >= 0.3 is 0 Å². The van der Waals surface area contributed by atoms with E-state index in [2.05, 4.69) is 39.2 Å². The fourth-order valence-corrected chi connectivity index (χ4v) is 3.66. The maximum atomic E-state index is 12.7. The molecule has 0 aliphatic carbocycles. The zero-order valence-electron chi connectivity index (χ0n) is 13.3. The highest BCUT2D eigenvalue weighted by Crippen LogP contribution is 2.20. The molecule has 0 bridgehead atoms. The van der Waals surface area contributed by atoms with E-state index in [1.165, 1.54) is 19.4 Å². The van der Waals surface area contributed by atoms with E-state index >= 15 is 0 Å². The Kier molecular flexibility index (Phi) is 5.88. The van der Waals surface area contributed by atoms with E-state index in [1.54, 1.807) is 0 Å². The van der Waals surface area contributed by atoms with Gasteiger partial charge in [0.25, 0.3) is 5.91 Å². The summed E-state index contributed by atoms with van der Waals surface area (Å²) in [6.07, 6.45) is 5.47. The monoisotopic (exact) mass is 355 g/mol. The van der Waals surface area contributed by atoms with Crippen molar-refractivity contribution in [2.75, 3.05) is 26.7 Å². The highest BCUT2D eigenvalue weighted by atomic mass is 79.9. The van der Waals surface area contributed by atoms with E-state index in [-0.39, 0.29) is 5.91 Å². The summed E-state index contributed by atoms with van der Waals surface area (Å²) in [4.78, 5) is 17.1. The van der Waals surface area contributed by atoms with Crippen LogP contribution < -0.4 is 0 Å². The highest BCUT2D eigenvalue weighted by molar-refractivity contribution is 9.10. The van der Waals surface area contributed by atoms with Gasteiger partial charge in [-0.3, -0.25) is 9.69 Å². The molecule has 1 aromatic heterocycles. The smallest absolute Gasteiger partial charge is 0.270 e. The lowest BCUT2D eigenvalue weighted by atomic mass is 10.2. The predicted octanol–water partition coefficient (Wildman–Crippen LogP) is 3.22. The molecule has 1 aromatic rings. The number of nitrogens with zero attached hydrogens (tertiary/aromatic N) is 3. The van der Waals surface area contributed by atoms with Crippen LogP contribution in [0.25, 0.3) is 0 Å². The average molecular weight is 356 g/mol. The molecule has 5 heteroatoms. The zero-order valence-corrected chi connectivity index (χ0v) is 14.9. The van der Waals surface area contributed by atoms with Crippen LogP contribution in [0, 0.1) is 0 Å². The molecule has 0 aromatic carbocycles. The van der Waals surface area contributed by atoms with Crippen LogP contribution >= 0.6 is 15.9 Å². The Hall–Kier alpha value is -0.810. The predicted molar refractivity (Wildman–Crippen MR) is 89.7 cm³/mol. The van der Waals surface area contributed by atoms with Gasteiger partial charge in [-0.05, 0) is 54.3 Å². The lowest BCUT2D eigenvalue weighted by molar-refractivity contribution is 0.0744. The second-order valence-electron chi connectivity index (χ2n) is 5.85. The van der Waals surface area contributed by atoms with Gasteiger partial charge in [0.1, 0.15) is 5.69 Å². The molecular weight excluding hydrogens is 330 g/mol. The lowest BCUT2D eigenvalue weighted by Gasteiger charge is -2.28. The van der Waals surface area contributed by atoms with Gasteiger partial charge in [0, 0.05) is 36.8 Å². The van der Waals surface area contributed by atoms with Crippen LogP contribution in [0.5, 0.6) is 0 Å². The fraction of sp³-hybridized carbons (Fsp3) is 0.688. The average Bonchev–Trinajstić information content (AvgIpc) is 3.04. The Bertz CT molecular complexity index is 486. The quantitative estimate of drug-likeness (QED) is 0.783. The largest absolute Gasteiger partial charge is 0.342 e. The van der Waals surface area contributed by atoms with E-state index in [0.29, 0.717) is 6.04 Å². The SMILES string of the molecule is CCCn1cc(Br)cc1C(=O)N(C)CC1CCCN1CC. The first-order valence-electron chi connectivity index (χ1n) is 7.92. The number of hydrogen-bond acceptors (Lipinski definition) is 2. The van der Waals surface area contributed by atoms with Crippen LogP contribution in [0.4, 0.5) is 0 Å². The Morgan fingerprint density at radius 2 is 2.24 bits per heavy atom. The van der Waals surface area contributed by atoms with Crippen molar-refractivity contribution in [2.45, 2.75) is 45.7 Å². The van der Waals surface area contributed by atoms with Gasteiger partial charge in [-0.1, -0.05) is 13.8 Å². The van der Waals surface area contributed by atoms with Crippen molar-refractivity contribution in [1.29, 1.82) is 0 Å². The second kappa shape index (κ2) is 7.45. The molecule has 0 N–H and O–H groups in total. The number of hydrogen-bond donors (Lipinski definition) is 0. The summed E-state index contributed by atoms with van der Waals surface area (Å²) < 4.78 is 3.03. The molecule has 1 aliphatic rings. The van der Waals surface area contributed by atoms with Crippen molar-refractivity contribution >= 4 is 21.8 Å². The van der Waals surface area contributed by atoms with Crippen LogP contribution in [0.1, 0.15) is 43.6 Å². The van der Waals surface area contributed by atoms with Crippen molar-refractivity contribution in [1.82, 2.24) is 14.4 Å². The number of amides is 1. The van der Waals surface area contributed by atoms with Crippen molar-refractivity contribution in [2.24, 2.45) is 0 Å². The molecule has 118 valence electrons. The van der Waals surface area contributed by atoms with Gasteiger partial charge in [-0.15, -0.1) is 0 Å². The van der Waals surface area contributed by atoms with Crippen LogP contribution in [-0.2, 0) is 6.54 Å². The minimum atomic E-state index is 0.122. The van der Waals surface area contributed by atoms with Gasteiger partial charge in [-0.2, -0.15) is 0 Å². The van der Waals surface area contributed by atoms with Gasteiger partial charge < -0.3 is 9.47 Å². The van der Waals surface area contributed by atoms with Crippen molar-refractivity contribution in [3.63, 3.8) is 0 Å². The van der Waals surface area contributed by atoms with Gasteiger partial charge in [-0.25, -0.2) is 0 Å². The first-order chi connectivity index (χ1) is 10.1. The first-order valence-corrected chi connectivity index (χ1v) is 8.71. The molecule has 1 atom stereocenters. The summed E-state index contributed by atoms with van der Waals surface area (Å²) in [5, 5.41) is 0. The number of carbonyl (C=O) groups excluding carboxylic acids is 1. The Labute approximate surface area is 136 Å². The summed E-state index contributed by atoms with van der Waals surface area (Å²) in [5.74, 6) is 0.122. The summed E-state index contributed by atoms with van der Waals surface area (Å²) in [5.41, 5.74) is 0.785. The van der Waals surface area contributed by atoms with E-state index in [1.807, 2.05) is 24.2 Å². The van der Waals surface area contributed by atoms with Crippen LogP contribution in [0.15, 0.2) is 16.7 Å². The van der Waals surface area contributed by atoms with E-state index in [0.717, 1.165) is 36.2 Å². The number of rotatable bonds is 6. The summed E-state index contributed by atoms with van der Waals surface area (Å²) >= 11 is 3.48. The number of aryl methyl sites for hydroxylation is 1. The van der Waals surface area contributed by atoms with E-state index < -0.39 is 0 Å². The Morgan fingerprint density at radius 1 is 1.48 bits per heavy atom. The minimum absolute atomic E-state index is 0.122. The van der Waals surface area contributed by atoms with Gasteiger partial charge in [0.2, 0.25) is 0 Å². The molecule has 0 radical (unpaired) electrons. The summed E-state index contributed by atoms with van der Waals surface area (Å²) in [7, 11) is 1.92. The van der Waals surface area contributed by atoms with Crippen LogP contribution in [0.2, 0.25) is 0 Å². The molecule has 21 heavy (non-hydrogen) atoms. The van der Waals surface area contributed by atoms with E-state index in [4.69, 9.17) is 0 Å². The molecule has 1 saturated heterocycles. The third kappa shape index (κ3) is 3.89. The molecule has 2 heterocycles. The molecule has 0 spiro atoms.